The summed E-state index contributed by atoms with van der Waals surface area (Å²) in [5, 5.41) is 11.8. The molecule has 8 nitrogen and oxygen atoms in total. The zero-order chi connectivity index (χ0) is 17.1. The molecule has 1 saturated carbocycles. The fraction of sp³-hybridized carbons (Fsp3) is 0.714. The first kappa shape index (κ1) is 18.1. The van der Waals surface area contributed by atoms with Crippen molar-refractivity contribution >= 4 is 23.6 Å². The third-order valence-corrected chi connectivity index (χ3v) is 2.85. The first-order chi connectivity index (χ1) is 10.0. The monoisotopic (exact) mass is 315 g/mol. The van der Waals surface area contributed by atoms with Crippen LogP contribution < -0.4 is 5.32 Å². The number of Topliss-reactive ketones (excluding diaryl/α,β-unsaturated/α-hetero) is 2. The van der Waals surface area contributed by atoms with Gasteiger partial charge in [-0.3, -0.25) is 9.59 Å². The Morgan fingerprint density at radius 2 is 1.73 bits per heavy atom. The molecule has 0 radical (unpaired) electrons. The summed E-state index contributed by atoms with van der Waals surface area (Å²) >= 11 is 0. The lowest BCUT2D eigenvalue weighted by molar-refractivity contribution is -0.161. The number of carbonyl (C=O) groups is 4. The predicted molar refractivity (Wildman–Crippen MR) is 74.0 cm³/mol. The molecule has 2 atom stereocenters. The summed E-state index contributed by atoms with van der Waals surface area (Å²) in [6, 6.07) is -1.43. The normalized spacial score (nSPS) is 18.8. The molecule has 1 aliphatic rings. The van der Waals surface area contributed by atoms with E-state index in [2.05, 4.69) is 5.32 Å². The van der Waals surface area contributed by atoms with Gasteiger partial charge in [-0.05, 0) is 27.7 Å². The molecule has 0 aliphatic heterocycles. The molecule has 0 spiro atoms. The van der Waals surface area contributed by atoms with Crippen LogP contribution >= 0.6 is 0 Å². The summed E-state index contributed by atoms with van der Waals surface area (Å²) in [7, 11) is 0. The molecule has 0 saturated heterocycles. The van der Waals surface area contributed by atoms with Crippen molar-refractivity contribution in [1.29, 1.82) is 0 Å². The van der Waals surface area contributed by atoms with Crippen LogP contribution in [0.5, 0.6) is 0 Å². The third kappa shape index (κ3) is 5.10. The van der Waals surface area contributed by atoms with Gasteiger partial charge in [-0.1, -0.05) is 0 Å². The third-order valence-electron chi connectivity index (χ3n) is 2.85. The molecule has 124 valence electrons. The Kier molecular flexibility index (Phi) is 5.65. The van der Waals surface area contributed by atoms with Gasteiger partial charge in [0.25, 0.3) is 0 Å². The maximum Gasteiger partial charge on any atom is 0.408 e. The predicted octanol–water partition coefficient (Wildman–Crippen LogP) is 0.104. The second-order valence-electron chi connectivity index (χ2n) is 6.11. The second kappa shape index (κ2) is 6.87. The molecule has 1 aliphatic carbocycles. The number of nitrogens with one attached hydrogen (secondary N) is 1. The Bertz CT molecular complexity index is 462. The van der Waals surface area contributed by atoms with Crippen LogP contribution in [0.1, 0.15) is 40.5 Å². The second-order valence-corrected chi connectivity index (χ2v) is 6.11. The van der Waals surface area contributed by atoms with Crippen molar-refractivity contribution < 1.29 is 33.8 Å². The summed E-state index contributed by atoms with van der Waals surface area (Å²) in [4.78, 5) is 46.5. The molecule has 0 aromatic heterocycles. The van der Waals surface area contributed by atoms with Crippen LogP contribution in [0.25, 0.3) is 0 Å². The zero-order valence-corrected chi connectivity index (χ0v) is 13.0. The number of esters is 1. The number of rotatable bonds is 4. The highest BCUT2D eigenvalue weighted by molar-refractivity contribution is 6.12. The summed E-state index contributed by atoms with van der Waals surface area (Å²) in [5.74, 6) is -2.03. The van der Waals surface area contributed by atoms with Gasteiger partial charge in [0.1, 0.15) is 5.60 Å². The van der Waals surface area contributed by atoms with Crippen molar-refractivity contribution in [3.05, 3.63) is 0 Å². The molecule has 1 rings (SSSR count). The topological polar surface area (TPSA) is 119 Å². The Hall–Kier alpha value is -1.96. The molecule has 1 fully saturated rings. The molecule has 0 bridgehead atoms. The maximum atomic E-state index is 12.0. The number of ether oxygens (including phenoxy) is 2. The van der Waals surface area contributed by atoms with E-state index in [1.807, 2.05) is 0 Å². The highest BCUT2D eigenvalue weighted by atomic mass is 16.6. The zero-order valence-electron chi connectivity index (χ0n) is 13.0. The average molecular weight is 315 g/mol. The first-order valence-corrected chi connectivity index (χ1v) is 6.95. The van der Waals surface area contributed by atoms with Gasteiger partial charge in [0, 0.05) is 12.8 Å². The molecular weight excluding hydrogens is 294 g/mol. The van der Waals surface area contributed by atoms with Crippen LogP contribution in [0.3, 0.4) is 0 Å². The van der Waals surface area contributed by atoms with Gasteiger partial charge in [0.05, 0.1) is 6.10 Å². The van der Waals surface area contributed by atoms with Crippen LogP contribution in [0.4, 0.5) is 4.79 Å². The molecule has 0 aromatic rings. The SMILES string of the molecule is C[C@@H](O)[C@H](NC(=O)OC(C)(C)C)C(=O)OC1C(=O)CCC1=O. The van der Waals surface area contributed by atoms with Crippen molar-refractivity contribution in [2.75, 3.05) is 0 Å². The summed E-state index contributed by atoms with van der Waals surface area (Å²) in [5.41, 5.74) is -0.783. The summed E-state index contributed by atoms with van der Waals surface area (Å²) in [6.07, 6.45) is -3.61. The van der Waals surface area contributed by atoms with E-state index in [9.17, 15) is 24.3 Å². The first-order valence-electron chi connectivity index (χ1n) is 6.95. The highest BCUT2D eigenvalue weighted by Crippen LogP contribution is 2.15. The van der Waals surface area contributed by atoms with Crippen molar-refractivity contribution in [1.82, 2.24) is 5.32 Å². The van der Waals surface area contributed by atoms with Gasteiger partial charge in [0.2, 0.25) is 6.10 Å². The van der Waals surface area contributed by atoms with E-state index < -0.39 is 47.5 Å². The van der Waals surface area contributed by atoms with E-state index in [-0.39, 0.29) is 12.8 Å². The van der Waals surface area contributed by atoms with Gasteiger partial charge in [0.15, 0.2) is 17.6 Å². The number of amides is 1. The van der Waals surface area contributed by atoms with Gasteiger partial charge < -0.3 is 19.9 Å². The van der Waals surface area contributed by atoms with Crippen LogP contribution in [0.15, 0.2) is 0 Å². The van der Waals surface area contributed by atoms with Crippen molar-refractivity contribution in [3.63, 3.8) is 0 Å². The van der Waals surface area contributed by atoms with E-state index in [4.69, 9.17) is 9.47 Å². The number of hydrogen-bond acceptors (Lipinski definition) is 7. The van der Waals surface area contributed by atoms with Crippen LogP contribution in [0.2, 0.25) is 0 Å². The fourth-order valence-corrected chi connectivity index (χ4v) is 1.82. The van der Waals surface area contributed by atoms with Gasteiger partial charge in [-0.2, -0.15) is 0 Å². The number of aliphatic hydroxyl groups is 1. The lowest BCUT2D eigenvalue weighted by Crippen LogP contribution is -2.51. The van der Waals surface area contributed by atoms with E-state index in [1.165, 1.54) is 6.92 Å². The van der Waals surface area contributed by atoms with Gasteiger partial charge >= 0.3 is 12.1 Å². The minimum Gasteiger partial charge on any atom is -0.445 e. The summed E-state index contributed by atoms with van der Waals surface area (Å²) in [6.45, 7) is 6.18. The minimum absolute atomic E-state index is 0.0234. The number of ketones is 2. The number of aliphatic hydroxyl groups excluding tert-OH is 1. The molecule has 0 heterocycles. The number of hydrogen-bond donors (Lipinski definition) is 2. The Labute approximate surface area is 128 Å². The van der Waals surface area contributed by atoms with Crippen LogP contribution in [-0.4, -0.2) is 52.6 Å². The summed E-state index contributed by atoms with van der Waals surface area (Å²) < 4.78 is 9.80. The average Bonchev–Trinajstić information content (AvgIpc) is 2.65. The van der Waals surface area contributed by atoms with E-state index in [1.54, 1.807) is 20.8 Å². The molecule has 1 amide bonds. The van der Waals surface area contributed by atoms with Crippen molar-refractivity contribution in [3.8, 4) is 0 Å². The Balaban J connectivity index is 2.70. The standard InChI is InChI=1S/C14H21NO7/c1-7(16)10(15-13(20)22-14(2,3)4)12(19)21-11-8(17)5-6-9(11)18/h7,10-11,16H,5-6H2,1-4H3,(H,15,20)/t7-,10+/m1/s1. The van der Waals surface area contributed by atoms with E-state index in [0.29, 0.717) is 0 Å². The highest BCUT2D eigenvalue weighted by Gasteiger charge is 2.39. The van der Waals surface area contributed by atoms with E-state index in [0.717, 1.165) is 0 Å². The molecular formula is C14H21NO7. The molecule has 0 aromatic carbocycles. The lowest BCUT2D eigenvalue weighted by Gasteiger charge is -2.24. The molecule has 0 unspecified atom stereocenters. The van der Waals surface area contributed by atoms with Crippen LogP contribution in [0, 0.1) is 0 Å². The molecule has 22 heavy (non-hydrogen) atoms. The van der Waals surface area contributed by atoms with Gasteiger partial charge in [-0.25, -0.2) is 9.59 Å². The fourth-order valence-electron chi connectivity index (χ4n) is 1.82. The van der Waals surface area contributed by atoms with Crippen molar-refractivity contribution in [2.24, 2.45) is 0 Å². The number of carbonyl (C=O) groups excluding carboxylic acids is 4. The molecule has 2 N–H and O–H groups in total. The lowest BCUT2D eigenvalue weighted by atomic mass is 10.2. The Morgan fingerprint density at radius 1 is 1.23 bits per heavy atom. The maximum absolute atomic E-state index is 12.0. The largest absolute Gasteiger partial charge is 0.445 e. The van der Waals surface area contributed by atoms with Crippen LogP contribution in [-0.2, 0) is 23.9 Å². The Morgan fingerprint density at radius 3 is 2.14 bits per heavy atom. The quantitative estimate of drug-likeness (QED) is 0.558. The van der Waals surface area contributed by atoms with Crippen molar-refractivity contribution in [2.45, 2.75) is 64.4 Å². The van der Waals surface area contributed by atoms with Gasteiger partial charge in [-0.15, -0.1) is 0 Å². The number of alkyl carbamates (subject to hydrolysis) is 1. The smallest absolute Gasteiger partial charge is 0.408 e. The minimum atomic E-state index is -1.45. The molecule has 8 heteroatoms. The van der Waals surface area contributed by atoms with E-state index >= 15 is 0 Å².